The van der Waals surface area contributed by atoms with Crippen molar-refractivity contribution in [3.8, 4) is 5.75 Å². The Morgan fingerprint density at radius 1 is 1.00 bits per heavy atom. The summed E-state index contributed by atoms with van der Waals surface area (Å²) in [5.74, 6) is -0.513. The highest BCUT2D eigenvalue weighted by Gasteiger charge is 2.17. The van der Waals surface area contributed by atoms with Crippen LogP contribution in [0, 0.1) is 5.82 Å². The average Bonchev–Trinajstić information content (AvgIpc) is 2.68. The molecule has 0 heterocycles. The molecule has 0 aromatic heterocycles. The minimum atomic E-state index is -3.90. The third-order valence-corrected chi connectivity index (χ3v) is 5.62. The van der Waals surface area contributed by atoms with Gasteiger partial charge >= 0.3 is 0 Å². The van der Waals surface area contributed by atoms with Crippen LogP contribution in [0.4, 0.5) is 15.8 Å². The Labute approximate surface area is 178 Å². The third kappa shape index (κ3) is 5.71. The number of hydrogen-bond donors (Lipinski definition) is 2. The van der Waals surface area contributed by atoms with Gasteiger partial charge in [-0.05, 0) is 67.6 Å². The number of ether oxygens (including phenoxy) is 1. The van der Waals surface area contributed by atoms with Crippen molar-refractivity contribution in [2.45, 2.75) is 17.9 Å². The van der Waals surface area contributed by atoms with E-state index in [1.807, 2.05) is 0 Å². The number of halogens is 2. The molecule has 0 radical (unpaired) electrons. The third-order valence-electron chi connectivity index (χ3n) is 3.99. The van der Waals surface area contributed by atoms with Crippen LogP contribution in [-0.2, 0) is 14.8 Å². The molecule has 0 saturated heterocycles. The number of carbonyl (C=O) groups is 1. The molecule has 30 heavy (non-hydrogen) atoms. The minimum Gasteiger partial charge on any atom is -0.481 e. The molecule has 0 saturated carbocycles. The first-order valence-corrected chi connectivity index (χ1v) is 10.7. The lowest BCUT2D eigenvalue weighted by molar-refractivity contribution is -0.122. The molecule has 0 aliphatic rings. The highest BCUT2D eigenvalue weighted by Crippen LogP contribution is 2.21. The zero-order valence-corrected chi connectivity index (χ0v) is 17.4. The second-order valence-corrected chi connectivity index (χ2v) is 8.47. The number of carbonyl (C=O) groups excluding carboxylic acids is 1. The van der Waals surface area contributed by atoms with Crippen LogP contribution in [0.1, 0.15) is 6.92 Å². The normalized spacial score (nSPS) is 12.1. The van der Waals surface area contributed by atoms with Gasteiger partial charge in [0.2, 0.25) is 0 Å². The van der Waals surface area contributed by atoms with Crippen LogP contribution in [-0.4, -0.2) is 20.4 Å². The summed E-state index contributed by atoms with van der Waals surface area (Å²) in [4.78, 5) is 12.3. The molecule has 0 spiro atoms. The highest BCUT2D eigenvalue weighted by molar-refractivity contribution is 7.92. The van der Waals surface area contributed by atoms with Gasteiger partial charge < -0.3 is 10.1 Å². The first-order valence-electron chi connectivity index (χ1n) is 8.84. The molecule has 156 valence electrons. The first-order chi connectivity index (χ1) is 14.2. The van der Waals surface area contributed by atoms with Gasteiger partial charge in [-0.1, -0.05) is 23.7 Å². The van der Waals surface area contributed by atoms with Crippen molar-refractivity contribution in [1.29, 1.82) is 0 Å². The van der Waals surface area contributed by atoms with Crippen molar-refractivity contribution in [2.24, 2.45) is 0 Å². The van der Waals surface area contributed by atoms with E-state index in [4.69, 9.17) is 16.3 Å². The molecule has 0 aliphatic carbocycles. The maximum absolute atomic E-state index is 13.2. The van der Waals surface area contributed by atoms with Crippen LogP contribution in [0.3, 0.4) is 0 Å². The molecule has 3 rings (SSSR count). The van der Waals surface area contributed by atoms with E-state index in [9.17, 15) is 17.6 Å². The van der Waals surface area contributed by atoms with Crippen molar-refractivity contribution in [3.63, 3.8) is 0 Å². The average molecular weight is 449 g/mol. The van der Waals surface area contributed by atoms with Crippen molar-refractivity contribution < 1.29 is 22.3 Å². The Hall–Kier alpha value is -3.10. The number of nitrogens with one attached hydrogen (secondary N) is 2. The summed E-state index contributed by atoms with van der Waals surface area (Å²) in [5.41, 5.74) is 0.505. The quantitative estimate of drug-likeness (QED) is 0.549. The Morgan fingerprint density at radius 3 is 2.37 bits per heavy atom. The van der Waals surface area contributed by atoms with Gasteiger partial charge in [0.1, 0.15) is 11.6 Å². The SMILES string of the molecule is CC(Oc1cccc(Cl)c1)C(=O)Nc1ccc(S(=O)(=O)Nc2cccc(F)c2)cc1. The molecule has 3 aromatic rings. The molecule has 6 nitrogen and oxygen atoms in total. The van der Waals surface area contributed by atoms with E-state index in [-0.39, 0.29) is 10.6 Å². The molecule has 0 fully saturated rings. The van der Waals surface area contributed by atoms with Crippen molar-refractivity contribution in [2.75, 3.05) is 10.0 Å². The Kier molecular flexibility index (Phi) is 6.59. The van der Waals surface area contributed by atoms with Crippen molar-refractivity contribution >= 4 is 38.9 Å². The molecule has 2 N–H and O–H groups in total. The Bertz CT molecular complexity index is 1150. The highest BCUT2D eigenvalue weighted by atomic mass is 35.5. The fraction of sp³-hybridized carbons (Fsp3) is 0.0952. The van der Waals surface area contributed by atoms with Gasteiger partial charge in [0.05, 0.1) is 10.6 Å². The molecule has 0 bridgehead atoms. The number of amides is 1. The molecule has 1 amide bonds. The molecule has 3 aromatic carbocycles. The van der Waals surface area contributed by atoms with E-state index in [0.717, 1.165) is 6.07 Å². The summed E-state index contributed by atoms with van der Waals surface area (Å²) in [6, 6.07) is 17.4. The van der Waals surface area contributed by atoms with Crippen LogP contribution < -0.4 is 14.8 Å². The predicted molar refractivity (Wildman–Crippen MR) is 114 cm³/mol. The van der Waals surface area contributed by atoms with Gasteiger partial charge in [-0.2, -0.15) is 0 Å². The van der Waals surface area contributed by atoms with Gasteiger partial charge in [0.15, 0.2) is 6.10 Å². The molecular formula is C21H18ClFN2O4S. The van der Waals surface area contributed by atoms with Gasteiger partial charge in [0, 0.05) is 10.7 Å². The smallest absolute Gasteiger partial charge is 0.265 e. The number of sulfonamides is 1. The molecule has 9 heteroatoms. The summed E-state index contributed by atoms with van der Waals surface area (Å²) in [7, 11) is -3.90. The Morgan fingerprint density at radius 2 is 1.70 bits per heavy atom. The number of benzene rings is 3. The van der Waals surface area contributed by atoms with E-state index in [1.165, 1.54) is 42.5 Å². The van der Waals surface area contributed by atoms with Gasteiger partial charge in [-0.15, -0.1) is 0 Å². The summed E-state index contributed by atoms with van der Waals surface area (Å²) in [6.07, 6.45) is -0.804. The lowest BCUT2D eigenvalue weighted by atomic mass is 10.3. The topological polar surface area (TPSA) is 84.5 Å². The largest absolute Gasteiger partial charge is 0.481 e. The first kappa shape index (κ1) is 21.6. The minimum absolute atomic E-state index is 0.0343. The summed E-state index contributed by atoms with van der Waals surface area (Å²) in [5, 5.41) is 3.14. The van der Waals surface area contributed by atoms with Crippen LogP contribution in [0.25, 0.3) is 0 Å². The zero-order valence-electron chi connectivity index (χ0n) is 15.8. The molecule has 1 atom stereocenters. The van der Waals surface area contributed by atoms with Gasteiger partial charge in [-0.3, -0.25) is 9.52 Å². The van der Waals surface area contributed by atoms with E-state index in [0.29, 0.717) is 16.5 Å². The standard InChI is InChI=1S/C21H18ClFN2O4S/c1-14(29-19-7-2-4-15(22)12-19)21(26)24-17-8-10-20(11-9-17)30(27,28)25-18-6-3-5-16(23)13-18/h2-14,25H,1H3,(H,24,26). The van der Waals surface area contributed by atoms with Gasteiger partial charge in [0.25, 0.3) is 15.9 Å². The maximum Gasteiger partial charge on any atom is 0.265 e. The number of hydrogen-bond acceptors (Lipinski definition) is 4. The number of rotatable bonds is 7. The van der Waals surface area contributed by atoms with Crippen molar-refractivity contribution in [1.82, 2.24) is 0 Å². The fourth-order valence-electron chi connectivity index (χ4n) is 2.53. The summed E-state index contributed by atoms with van der Waals surface area (Å²) in [6.45, 7) is 1.58. The lowest BCUT2D eigenvalue weighted by Crippen LogP contribution is -2.30. The van der Waals surface area contributed by atoms with Crippen LogP contribution in [0.5, 0.6) is 5.75 Å². The predicted octanol–water partition coefficient (Wildman–Crippen LogP) is 4.69. The Balaban J connectivity index is 1.64. The van der Waals surface area contributed by atoms with E-state index < -0.39 is 27.9 Å². The van der Waals surface area contributed by atoms with E-state index in [1.54, 1.807) is 31.2 Å². The second-order valence-electron chi connectivity index (χ2n) is 6.35. The number of anilines is 2. The van der Waals surface area contributed by atoms with Crippen LogP contribution in [0.15, 0.2) is 77.7 Å². The maximum atomic E-state index is 13.2. The summed E-state index contributed by atoms with van der Waals surface area (Å²) < 4.78 is 46.0. The molecular weight excluding hydrogens is 431 g/mol. The van der Waals surface area contributed by atoms with Gasteiger partial charge in [-0.25, -0.2) is 12.8 Å². The zero-order chi connectivity index (χ0) is 21.7. The van der Waals surface area contributed by atoms with Crippen LogP contribution >= 0.6 is 11.6 Å². The van der Waals surface area contributed by atoms with E-state index in [2.05, 4.69) is 10.0 Å². The summed E-state index contributed by atoms with van der Waals surface area (Å²) >= 11 is 5.89. The fourth-order valence-corrected chi connectivity index (χ4v) is 3.76. The van der Waals surface area contributed by atoms with E-state index >= 15 is 0 Å². The molecule has 0 aliphatic heterocycles. The van der Waals surface area contributed by atoms with Crippen LogP contribution in [0.2, 0.25) is 5.02 Å². The monoisotopic (exact) mass is 448 g/mol. The molecule has 1 unspecified atom stereocenters. The lowest BCUT2D eigenvalue weighted by Gasteiger charge is -2.15. The van der Waals surface area contributed by atoms with Crippen molar-refractivity contribution in [3.05, 3.63) is 83.6 Å². The second kappa shape index (κ2) is 9.15.